The van der Waals surface area contributed by atoms with Gasteiger partial charge in [0, 0.05) is 17.4 Å². The number of nitrogens with one attached hydrogen (secondary N) is 2. The van der Waals surface area contributed by atoms with Gasteiger partial charge in [0.25, 0.3) is 0 Å². The Hall–Kier alpha value is -1.07. The number of ether oxygens (including phenoxy) is 1. The van der Waals surface area contributed by atoms with Crippen LogP contribution in [-0.2, 0) is 4.74 Å². The number of alkyl halides is 1. The monoisotopic (exact) mass is 310 g/mol. The fourth-order valence-electron chi connectivity index (χ4n) is 2.60. The zero-order chi connectivity index (χ0) is 12.7. The van der Waals surface area contributed by atoms with Crippen molar-refractivity contribution in [3.05, 3.63) is 34.2 Å². The van der Waals surface area contributed by atoms with E-state index in [9.17, 15) is 4.79 Å². The lowest BCUT2D eigenvalue weighted by Crippen LogP contribution is -2.16. The third-order valence-corrected chi connectivity index (χ3v) is 4.88. The molecule has 0 spiro atoms. The summed E-state index contributed by atoms with van der Waals surface area (Å²) in [5, 5.41) is 0. The van der Waals surface area contributed by atoms with Gasteiger partial charge in [-0.15, -0.1) is 0 Å². The van der Waals surface area contributed by atoms with Crippen molar-refractivity contribution in [2.75, 3.05) is 6.61 Å². The van der Waals surface area contributed by atoms with Crippen molar-refractivity contribution in [3.8, 4) is 0 Å². The molecule has 0 amide bonds. The van der Waals surface area contributed by atoms with E-state index >= 15 is 0 Å². The molecular formula is C13H15BrN2O2. The third-order valence-electron chi connectivity index (χ3n) is 3.67. The van der Waals surface area contributed by atoms with Gasteiger partial charge in [0.1, 0.15) is 0 Å². The molecule has 0 bridgehead atoms. The summed E-state index contributed by atoms with van der Waals surface area (Å²) in [7, 11) is 0. The molecular weight excluding hydrogens is 296 g/mol. The molecule has 1 aliphatic heterocycles. The number of H-pyrrole nitrogens is 2. The summed E-state index contributed by atoms with van der Waals surface area (Å²) in [5.74, 6) is 0.480. The topological polar surface area (TPSA) is 57.9 Å². The Balaban J connectivity index is 1.95. The van der Waals surface area contributed by atoms with Crippen molar-refractivity contribution in [1.82, 2.24) is 9.97 Å². The highest BCUT2D eigenvalue weighted by molar-refractivity contribution is 9.09. The minimum absolute atomic E-state index is 0.161. The summed E-state index contributed by atoms with van der Waals surface area (Å²) < 4.78 is 5.61. The van der Waals surface area contributed by atoms with Gasteiger partial charge in [-0.05, 0) is 31.0 Å². The maximum absolute atomic E-state index is 11.2. The highest BCUT2D eigenvalue weighted by atomic mass is 79.9. The molecule has 1 saturated heterocycles. The molecule has 0 aliphatic carbocycles. The van der Waals surface area contributed by atoms with Crippen molar-refractivity contribution in [2.24, 2.45) is 5.92 Å². The van der Waals surface area contributed by atoms with Gasteiger partial charge in [0.15, 0.2) is 0 Å². The summed E-state index contributed by atoms with van der Waals surface area (Å²) in [6.07, 6.45) is 1.34. The standard InChI is InChI=1S/C13H15BrN2O2/c1-7-9(4-5-18-7)12(14)8-2-3-10-11(6-8)16-13(17)15-10/h2-3,6-7,9,12H,4-5H2,1H3,(H2,15,16,17). The molecule has 1 aromatic carbocycles. The number of aromatic amines is 2. The van der Waals surface area contributed by atoms with E-state index in [2.05, 4.69) is 38.9 Å². The molecule has 5 heteroatoms. The van der Waals surface area contributed by atoms with E-state index in [4.69, 9.17) is 4.74 Å². The van der Waals surface area contributed by atoms with Crippen LogP contribution in [0, 0.1) is 5.92 Å². The van der Waals surface area contributed by atoms with Crippen LogP contribution < -0.4 is 5.69 Å². The molecule has 3 atom stereocenters. The molecule has 0 saturated carbocycles. The molecule has 2 heterocycles. The van der Waals surface area contributed by atoms with Crippen molar-refractivity contribution >= 4 is 27.0 Å². The van der Waals surface area contributed by atoms with Gasteiger partial charge in [-0.2, -0.15) is 0 Å². The SMILES string of the molecule is CC1OCCC1C(Br)c1ccc2[nH]c(=O)[nH]c2c1. The minimum Gasteiger partial charge on any atom is -0.378 e. The second kappa shape index (κ2) is 4.55. The number of hydrogen-bond acceptors (Lipinski definition) is 2. The Morgan fingerprint density at radius 2 is 2.17 bits per heavy atom. The Kier molecular flexibility index (Phi) is 3.03. The van der Waals surface area contributed by atoms with E-state index in [1.54, 1.807) is 0 Å². The number of rotatable bonds is 2. The first-order chi connectivity index (χ1) is 8.65. The molecule has 3 unspecified atom stereocenters. The molecule has 1 aromatic heterocycles. The second-order valence-corrected chi connectivity index (χ2v) is 5.80. The average Bonchev–Trinajstić information content (AvgIpc) is 2.91. The Labute approximate surface area is 113 Å². The first-order valence-corrected chi connectivity index (χ1v) is 7.04. The van der Waals surface area contributed by atoms with E-state index in [1.807, 2.05) is 12.1 Å². The molecule has 1 fully saturated rings. The van der Waals surface area contributed by atoms with Gasteiger partial charge < -0.3 is 14.7 Å². The van der Waals surface area contributed by atoms with Crippen LogP contribution in [0.3, 0.4) is 0 Å². The van der Waals surface area contributed by atoms with E-state index < -0.39 is 0 Å². The van der Waals surface area contributed by atoms with Gasteiger partial charge in [-0.1, -0.05) is 22.0 Å². The zero-order valence-corrected chi connectivity index (χ0v) is 11.7. The maximum atomic E-state index is 11.2. The van der Waals surface area contributed by atoms with Crippen LogP contribution >= 0.6 is 15.9 Å². The molecule has 4 nitrogen and oxygen atoms in total. The predicted octanol–water partition coefficient (Wildman–Crippen LogP) is 2.72. The molecule has 3 rings (SSSR count). The number of aromatic nitrogens is 2. The van der Waals surface area contributed by atoms with Gasteiger partial charge in [0.2, 0.25) is 0 Å². The van der Waals surface area contributed by atoms with Crippen molar-refractivity contribution < 1.29 is 4.74 Å². The van der Waals surface area contributed by atoms with Crippen molar-refractivity contribution in [3.63, 3.8) is 0 Å². The Morgan fingerprint density at radius 3 is 2.89 bits per heavy atom. The average molecular weight is 311 g/mol. The van der Waals surface area contributed by atoms with Gasteiger partial charge in [-0.25, -0.2) is 4.79 Å². The summed E-state index contributed by atoms with van der Waals surface area (Å²) in [6.45, 7) is 2.94. The largest absolute Gasteiger partial charge is 0.378 e. The lowest BCUT2D eigenvalue weighted by molar-refractivity contribution is 0.105. The Bertz CT molecular complexity index is 619. The Morgan fingerprint density at radius 1 is 1.39 bits per heavy atom. The molecule has 2 aromatic rings. The van der Waals surface area contributed by atoms with E-state index in [1.165, 1.54) is 5.56 Å². The van der Waals surface area contributed by atoms with Crippen LogP contribution in [0.2, 0.25) is 0 Å². The number of fused-ring (bicyclic) bond motifs is 1. The smallest absolute Gasteiger partial charge is 0.323 e. The highest BCUT2D eigenvalue weighted by Gasteiger charge is 2.31. The van der Waals surface area contributed by atoms with Gasteiger partial charge in [-0.3, -0.25) is 0 Å². The first kappa shape index (κ1) is 12.0. The lowest BCUT2D eigenvalue weighted by atomic mass is 9.93. The van der Waals surface area contributed by atoms with Crippen LogP contribution in [-0.4, -0.2) is 22.7 Å². The minimum atomic E-state index is -0.161. The molecule has 18 heavy (non-hydrogen) atoms. The van der Waals surface area contributed by atoms with E-state index in [0.717, 1.165) is 24.1 Å². The quantitative estimate of drug-likeness (QED) is 0.838. The molecule has 1 aliphatic rings. The summed E-state index contributed by atoms with van der Waals surface area (Å²) in [6, 6.07) is 6.02. The van der Waals surface area contributed by atoms with Gasteiger partial charge in [0.05, 0.1) is 17.1 Å². The number of benzene rings is 1. The molecule has 96 valence electrons. The summed E-state index contributed by atoms with van der Waals surface area (Å²) in [5.41, 5.74) is 2.72. The lowest BCUT2D eigenvalue weighted by Gasteiger charge is -2.20. The van der Waals surface area contributed by atoms with Crippen LogP contribution in [0.5, 0.6) is 0 Å². The summed E-state index contributed by atoms with van der Waals surface area (Å²) in [4.78, 5) is 17.0. The van der Waals surface area contributed by atoms with Crippen molar-refractivity contribution in [1.29, 1.82) is 0 Å². The highest BCUT2D eigenvalue weighted by Crippen LogP contribution is 2.39. The van der Waals surface area contributed by atoms with Crippen molar-refractivity contribution in [2.45, 2.75) is 24.3 Å². The number of imidazole rings is 1. The van der Waals surface area contributed by atoms with E-state index in [0.29, 0.717) is 5.92 Å². The van der Waals surface area contributed by atoms with Crippen LogP contribution in [0.15, 0.2) is 23.0 Å². The van der Waals surface area contributed by atoms with Crippen LogP contribution in [0.4, 0.5) is 0 Å². The second-order valence-electron chi connectivity index (χ2n) is 4.81. The number of halogens is 1. The van der Waals surface area contributed by atoms with Crippen LogP contribution in [0.1, 0.15) is 23.7 Å². The maximum Gasteiger partial charge on any atom is 0.323 e. The van der Waals surface area contributed by atoms with Crippen LogP contribution in [0.25, 0.3) is 11.0 Å². The molecule has 2 N–H and O–H groups in total. The zero-order valence-electron chi connectivity index (χ0n) is 10.1. The molecule has 0 radical (unpaired) electrons. The van der Waals surface area contributed by atoms with Gasteiger partial charge >= 0.3 is 5.69 Å². The number of hydrogen-bond donors (Lipinski definition) is 2. The normalized spacial score (nSPS) is 25.7. The predicted molar refractivity (Wildman–Crippen MR) is 74.1 cm³/mol. The third kappa shape index (κ3) is 2.01. The fraction of sp³-hybridized carbons (Fsp3) is 0.462. The fourth-order valence-corrected chi connectivity index (χ4v) is 3.58. The first-order valence-electron chi connectivity index (χ1n) is 6.13. The summed E-state index contributed by atoms with van der Waals surface area (Å²) >= 11 is 3.76. The van der Waals surface area contributed by atoms with E-state index in [-0.39, 0.29) is 16.6 Å².